The Hall–Kier alpha value is -1.40. The van der Waals surface area contributed by atoms with Crippen molar-refractivity contribution in [2.24, 2.45) is 7.05 Å². The fraction of sp³-hybridized carbons (Fsp3) is 0.455. The Morgan fingerprint density at radius 1 is 1.33 bits per heavy atom. The second-order valence-corrected chi connectivity index (χ2v) is 3.82. The first-order valence-corrected chi connectivity index (χ1v) is 5.55. The van der Waals surface area contributed by atoms with Crippen LogP contribution < -0.4 is 5.32 Å². The number of aromatic nitrogens is 4. The molecule has 0 fully saturated rings. The monoisotopic (exact) mass is 273 g/mol. The number of aryl methyl sites for hydroxylation is 2. The maximum Gasteiger partial charge on any atom is 0.109 e. The van der Waals surface area contributed by atoms with Gasteiger partial charge in [0.2, 0.25) is 0 Å². The summed E-state index contributed by atoms with van der Waals surface area (Å²) in [5, 5.41) is 11.6. The van der Waals surface area contributed by atoms with E-state index in [2.05, 4.69) is 15.5 Å². The predicted octanol–water partition coefficient (Wildman–Crippen LogP) is 1.30. The summed E-state index contributed by atoms with van der Waals surface area (Å²) in [6.07, 6.45) is 3.60. The smallest absolute Gasteiger partial charge is 0.109 e. The zero-order chi connectivity index (χ0) is 12.1. The fourth-order valence-corrected chi connectivity index (χ4v) is 1.67. The predicted molar refractivity (Wildman–Crippen MR) is 69.2 cm³/mol. The maximum atomic E-state index is 12.2. The van der Waals surface area contributed by atoms with Gasteiger partial charge in [0, 0.05) is 32.5 Å². The molecule has 0 aliphatic rings. The Morgan fingerprint density at radius 3 is 2.83 bits per heavy atom. The minimum Gasteiger partial charge on any atom is -0.305 e. The minimum atomic E-state index is -0.394. The molecule has 0 aliphatic heterocycles. The van der Waals surface area contributed by atoms with Crippen LogP contribution in [0, 0.1) is 0 Å². The summed E-state index contributed by atoms with van der Waals surface area (Å²) in [7, 11) is 1.89. The van der Waals surface area contributed by atoms with Gasteiger partial charge in [-0.1, -0.05) is 0 Å². The summed E-state index contributed by atoms with van der Waals surface area (Å²) in [4.78, 5) is 0. The van der Waals surface area contributed by atoms with Crippen molar-refractivity contribution in [3.63, 3.8) is 0 Å². The average Bonchev–Trinajstić information content (AvgIpc) is 2.90. The van der Waals surface area contributed by atoms with Gasteiger partial charge in [-0.2, -0.15) is 10.2 Å². The molecule has 7 heteroatoms. The number of hydrogen-bond acceptors (Lipinski definition) is 3. The van der Waals surface area contributed by atoms with E-state index in [4.69, 9.17) is 0 Å². The van der Waals surface area contributed by atoms with Gasteiger partial charge in [-0.25, -0.2) is 4.39 Å². The van der Waals surface area contributed by atoms with Crippen molar-refractivity contribution in [3.05, 3.63) is 35.9 Å². The van der Waals surface area contributed by atoms with Gasteiger partial charge in [-0.3, -0.25) is 9.36 Å². The van der Waals surface area contributed by atoms with Crippen molar-refractivity contribution in [1.29, 1.82) is 0 Å². The van der Waals surface area contributed by atoms with Crippen LogP contribution >= 0.6 is 12.4 Å². The molecule has 0 bridgehead atoms. The van der Waals surface area contributed by atoms with Gasteiger partial charge in [0.15, 0.2) is 0 Å². The zero-order valence-electron chi connectivity index (χ0n) is 10.2. The molecule has 0 aromatic carbocycles. The first kappa shape index (κ1) is 14.7. The van der Waals surface area contributed by atoms with E-state index < -0.39 is 6.67 Å². The molecule has 0 radical (unpaired) electrons. The lowest BCUT2D eigenvalue weighted by molar-refractivity contribution is 0.417. The lowest BCUT2D eigenvalue weighted by Gasteiger charge is -2.05. The van der Waals surface area contributed by atoms with Crippen LogP contribution in [-0.4, -0.2) is 26.2 Å². The normalized spacial score (nSPS) is 10.3. The molecule has 2 rings (SSSR count). The summed E-state index contributed by atoms with van der Waals surface area (Å²) in [6.45, 7) is 1.28. The molecule has 1 N–H and O–H groups in total. The van der Waals surface area contributed by atoms with Crippen molar-refractivity contribution >= 4 is 12.4 Å². The van der Waals surface area contributed by atoms with Gasteiger partial charge in [0.25, 0.3) is 0 Å². The summed E-state index contributed by atoms with van der Waals surface area (Å²) >= 11 is 0. The van der Waals surface area contributed by atoms with E-state index >= 15 is 0 Å². The van der Waals surface area contributed by atoms with Gasteiger partial charge < -0.3 is 5.32 Å². The second kappa shape index (κ2) is 7.13. The van der Waals surface area contributed by atoms with Gasteiger partial charge in [0.05, 0.1) is 17.9 Å². The van der Waals surface area contributed by atoms with Crippen LogP contribution in [0.1, 0.15) is 11.4 Å². The lowest BCUT2D eigenvalue weighted by atomic mass is 10.4. The molecule has 2 aromatic rings. The van der Waals surface area contributed by atoms with Crippen LogP contribution in [0.4, 0.5) is 4.39 Å². The van der Waals surface area contributed by atoms with Crippen LogP contribution in [0.3, 0.4) is 0 Å². The summed E-state index contributed by atoms with van der Waals surface area (Å²) in [6, 6.07) is 3.85. The molecular weight excluding hydrogens is 257 g/mol. The number of hydrogen-bond donors (Lipinski definition) is 1. The van der Waals surface area contributed by atoms with Crippen molar-refractivity contribution in [2.45, 2.75) is 19.6 Å². The lowest BCUT2D eigenvalue weighted by Crippen LogP contribution is -2.17. The van der Waals surface area contributed by atoms with Gasteiger partial charge >= 0.3 is 0 Å². The van der Waals surface area contributed by atoms with E-state index in [-0.39, 0.29) is 12.4 Å². The highest BCUT2D eigenvalue weighted by atomic mass is 35.5. The van der Waals surface area contributed by atoms with Crippen molar-refractivity contribution < 1.29 is 4.39 Å². The van der Waals surface area contributed by atoms with Crippen LogP contribution in [0.15, 0.2) is 24.5 Å². The Balaban J connectivity index is 0.00000162. The third-order valence-corrected chi connectivity index (χ3v) is 2.48. The molecule has 5 nitrogen and oxygen atoms in total. The third-order valence-electron chi connectivity index (χ3n) is 2.48. The number of rotatable bonds is 6. The first-order chi connectivity index (χ1) is 8.29. The molecule has 0 amide bonds. The molecule has 0 saturated heterocycles. The van der Waals surface area contributed by atoms with Gasteiger partial charge in [0.1, 0.15) is 6.67 Å². The second-order valence-electron chi connectivity index (χ2n) is 3.82. The quantitative estimate of drug-likeness (QED) is 0.863. The van der Waals surface area contributed by atoms with Crippen LogP contribution in [0.2, 0.25) is 0 Å². The summed E-state index contributed by atoms with van der Waals surface area (Å²) < 4.78 is 15.7. The van der Waals surface area contributed by atoms with E-state index in [0.717, 1.165) is 11.4 Å². The number of halogens is 2. The van der Waals surface area contributed by atoms with Crippen LogP contribution in [0.25, 0.3) is 0 Å². The van der Waals surface area contributed by atoms with Crippen molar-refractivity contribution in [1.82, 2.24) is 24.9 Å². The Bertz CT molecular complexity index is 467. The highest BCUT2D eigenvalue weighted by molar-refractivity contribution is 5.85. The van der Waals surface area contributed by atoms with E-state index in [1.807, 2.05) is 25.4 Å². The van der Waals surface area contributed by atoms with E-state index in [1.165, 1.54) is 0 Å². The number of alkyl halides is 1. The van der Waals surface area contributed by atoms with Gasteiger partial charge in [-0.15, -0.1) is 12.4 Å². The van der Waals surface area contributed by atoms with E-state index in [0.29, 0.717) is 19.6 Å². The average molecular weight is 274 g/mol. The number of nitrogens with zero attached hydrogens (tertiary/aromatic N) is 4. The molecule has 0 spiro atoms. The molecule has 100 valence electrons. The molecular formula is C11H17ClFN5. The topological polar surface area (TPSA) is 47.7 Å². The molecule has 0 saturated carbocycles. The molecule has 0 aliphatic carbocycles. The first-order valence-electron chi connectivity index (χ1n) is 5.55. The molecule has 18 heavy (non-hydrogen) atoms. The van der Waals surface area contributed by atoms with Crippen molar-refractivity contribution in [2.75, 3.05) is 6.67 Å². The zero-order valence-corrected chi connectivity index (χ0v) is 11.0. The molecule has 2 aromatic heterocycles. The largest absolute Gasteiger partial charge is 0.305 e. The highest BCUT2D eigenvalue weighted by Gasteiger charge is 2.02. The molecule has 0 unspecified atom stereocenters. The molecule has 0 atom stereocenters. The van der Waals surface area contributed by atoms with Gasteiger partial charge in [-0.05, 0) is 12.1 Å². The van der Waals surface area contributed by atoms with Crippen molar-refractivity contribution in [3.8, 4) is 0 Å². The fourth-order valence-electron chi connectivity index (χ4n) is 1.67. The third kappa shape index (κ3) is 3.82. The Kier molecular flexibility index (Phi) is 5.80. The Morgan fingerprint density at radius 2 is 2.17 bits per heavy atom. The van der Waals surface area contributed by atoms with E-state index in [1.54, 1.807) is 15.6 Å². The van der Waals surface area contributed by atoms with Crippen LogP contribution in [-0.2, 0) is 26.7 Å². The SMILES string of the molecule is Cl.Cn1ccc(CNCc2ccnn2CCF)n1. The Labute approximate surface area is 111 Å². The minimum absolute atomic E-state index is 0. The number of nitrogens with one attached hydrogen (secondary N) is 1. The molecule has 2 heterocycles. The summed E-state index contributed by atoms with van der Waals surface area (Å²) in [5.41, 5.74) is 1.97. The van der Waals surface area contributed by atoms with E-state index in [9.17, 15) is 4.39 Å². The summed E-state index contributed by atoms with van der Waals surface area (Å²) in [5.74, 6) is 0. The maximum absolute atomic E-state index is 12.2. The van der Waals surface area contributed by atoms with Crippen LogP contribution in [0.5, 0.6) is 0 Å². The standard InChI is InChI=1S/C11H16FN5.ClH/c1-16-6-3-10(15-16)8-13-9-11-2-5-14-17(11)7-4-12;/h2-3,5-6,13H,4,7-9H2,1H3;1H. The highest BCUT2D eigenvalue weighted by Crippen LogP contribution is 2.00.